The molecule has 1 atom stereocenters. The Morgan fingerprint density at radius 2 is 1.75 bits per heavy atom. The Bertz CT molecular complexity index is 574. The highest BCUT2D eigenvalue weighted by molar-refractivity contribution is 5.51. The van der Waals surface area contributed by atoms with Crippen molar-refractivity contribution in [1.29, 1.82) is 0 Å². The van der Waals surface area contributed by atoms with E-state index in [2.05, 4.69) is 56.1 Å². The molecule has 0 heterocycles. The molecule has 1 N–H and O–H groups in total. The molecule has 0 amide bonds. The fourth-order valence-electron chi connectivity index (χ4n) is 2.41. The molecule has 20 heavy (non-hydrogen) atoms. The largest absolute Gasteiger partial charge is 0.508 e. The molecular weight excluding hydrogens is 246 g/mol. The van der Waals surface area contributed by atoms with Crippen molar-refractivity contribution in [3.8, 4) is 5.75 Å². The van der Waals surface area contributed by atoms with Gasteiger partial charge < -0.3 is 10.0 Å². The predicted molar refractivity (Wildman–Crippen MR) is 85.5 cm³/mol. The van der Waals surface area contributed by atoms with E-state index in [1.54, 1.807) is 6.07 Å². The molecule has 0 radical (unpaired) electrons. The van der Waals surface area contributed by atoms with Crippen LogP contribution in [0.1, 0.15) is 36.6 Å². The van der Waals surface area contributed by atoms with E-state index in [0.717, 1.165) is 17.7 Å². The minimum Gasteiger partial charge on any atom is -0.508 e. The van der Waals surface area contributed by atoms with Crippen LogP contribution in [0.15, 0.2) is 42.5 Å². The van der Waals surface area contributed by atoms with E-state index in [-0.39, 0.29) is 6.04 Å². The molecule has 2 nitrogen and oxygen atoms in total. The van der Waals surface area contributed by atoms with Crippen LogP contribution in [0.2, 0.25) is 0 Å². The van der Waals surface area contributed by atoms with E-state index in [1.807, 2.05) is 13.0 Å². The van der Waals surface area contributed by atoms with Crippen molar-refractivity contribution in [1.82, 2.24) is 0 Å². The van der Waals surface area contributed by atoms with Crippen LogP contribution >= 0.6 is 0 Å². The number of aryl methyl sites for hydroxylation is 2. The lowest BCUT2D eigenvalue weighted by molar-refractivity contribution is 0.462. The molecule has 0 spiro atoms. The van der Waals surface area contributed by atoms with E-state index < -0.39 is 0 Å². The summed E-state index contributed by atoms with van der Waals surface area (Å²) in [6.45, 7) is 6.32. The van der Waals surface area contributed by atoms with E-state index in [4.69, 9.17) is 0 Å². The van der Waals surface area contributed by atoms with Crippen molar-refractivity contribution in [3.63, 3.8) is 0 Å². The molecule has 1 unspecified atom stereocenters. The second-order valence-corrected chi connectivity index (χ2v) is 5.37. The quantitative estimate of drug-likeness (QED) is 0.885. The summed E-state index contributed by atoms with van der Waals surface area (Å²) in [6, 6.07) is 14.5. The number of anilines is 1. The number of phenolic OH excluding ortho intramolecular Hbond substituents is 1. The molecule has 2 aromatic rings. The molecule has 0 saturated carbocycles. The summed E-state index contributed by atoms with van der Waals surface area (Å²) >= 11 is 0. The van der Waals surface area contributed by atoms with Gasteiger partial charge in [0.2, 0.25) is 0 Å². The van der Waals surface area contributed by atoms with E-state index in [1.165, 1.54) is 11.1 Å². The third kappa shape index (κ3) is 2.96. The number of phenols is 1. The molecule has 0 aliphatic rings. The van der Waals surface area contributed by atoms with Gasteiger partial charge in [-0.3, -0.25) is 0 Å². The Morgan fingerprint density at radius 1 is 1.10 bits per heavy atom. The first-order chi connectivity index (χ1) is 9.52. The SMILES string of the molecule is CCc1ccc(N(C)C(C)c2cc(C)ccc2O)cc1. The normalized spacial score (nSPS) is 12.2. The number of nitrogens with zero attached hydrogens (tertiary/aromatic N) is 1. The highest BCUT2D eigenvalue weighted by Gasteiger charge is 2.16. The van der Waals surface area contributed by atoms with Gasteiger partial charge >= 0.3 is 0 Å². The summed E-state index contributed by atoms with van der Waals surface area (Å²) < 4.78 is 0. The van der Waals surface area contributed by atoms with Gasteiger partial charge in [0, 0.05) is 18.3 Å². The van der Waals surface area contributed by atoms with E-state index in [9.17, 15) is 5.11 Å². The molecule has 0 fully saturated rings. The summed E-state index contributed by atoms with van der Waals surface area (Å²) in [5.41, 5.74) is 4.63. The molecule has 2 aromatic carbocycles. The summed E-state index contributed by atoms with van der Waals surface area (Å²) in [5, 5.41) is 10.1. The van der Waals surface area contributed by atoms with Crippen LogP contribution in [-0.2, 0) is 6.42 Å². The molecule has 0 aliphatic heterocycles. The topological polar surface area (TPSA) is 23.5 Å². The van der Waals surface area contributed by atoms with Crippen molar-refractivity contribution in [2.75, 3.05) is 11.9 Å². The molecule has 0 aliphatic carbocycles. The lowest BCUT2D eigenvalue weighted by Gasteiger charge is -2.28. The Hall–Kier alpha value is -1.96. The van der Waals surface area contributed by atoms with Crippen LogP contribution < -0.4 is 4.90 Å². The van der Waals surface area contributed by atoms with Crippen LogP contribution in [0.3, 0.4) is 0 Å². The Kier molecular flexibility index (Phi) is 4.33. The number of hydrogen-bond acceptors (Lipinski definition) is 2. The van der Waals surface area contributed by atoms with Crippen molar-refractivity contribution >= 4 is 5.69 Å². The maximum absolute atomic E-state index is 10.1. The second kappa shape index (κ2) is 6.00. The van der Waals surface area contributed by atoms with Gasteiger partial charge in [0.1, 0.15) is 5.75 Å². The van der Waals surface area contributed by atoms with Gasteiger partial charge in [-0.25, -0.2) is 0 Å². The molecule has 106 valence electrons. The summed E-state index contributed by atoms with van der Waals surface area (Å²) in [4.78, 5) is 2.19. The van der Waals surface area contributed by atoms with Gasteiger partial charge in [-0.15, -0.1) is 0 Å². The smallest absolute Gasteiger partial charge is 0.120 e. The third-order valence-electron chi connectivity index (χ3n) is 3.97. The average Bonchev–Trinajstić information content (AvgIpc) is 2.48. The molecular formula is C18H23NO. The molecule has 0 bridgehead atoms. The highest BCUT2D eigenvalue weighted by atomic mass is 16.3. The van der Waals surface area contributed by atoms with Crippen molar-refractivity contribution in [2.45, 2.75) is 33.2 Å². The lowest BCUT2D eigenvalue weighted by atomic mass is 10.0. The summed E-state index contributed by atoms with van der Waals surface area (Å²) in [6.07, 6.45) is 1.05. The molecule has 0 aromatic heterocycles. The van der Waals surface area contributed by atoms with Crippen LogP contribution in [0.5, 0.6) is 5.75 Å². The Morgan fingerprint density at radius 3 is 2.35 bits per heavy atom. The fourth-order valence-corrected chi connectivity index (χ4v) is 2.41. The standard InChI is InChI=1S/C18H23NO/c1-5-15-7-9-16(10-8-15)19(4)14(3)17-12-13(2)6-11-18(17)20/h6-12,14,20H,5H2,1-4H3. The lowest BCUT2D eigenvalue weighted by Crippen LogP contribution is -2.21. The zero-order valence-corrected chi connectivity index (χ0v) is 12.7. The number of aromatic hydroxyl groups is 1. The van der Waals surface area contributed by atoms with Gasteiger partial charge in [0.05, 0.1) is 6.04 Å². The molecule has 2 heteroatoms. The van der Waals surface area contributed by atoms with Gasteiger partial charge in [-0.05, 0) is 44.0 Å². The van der Waals surface area contributed by atoms with Crippen LogP contribution in [-0.4, -0.2) is 12.2 Å². The van der Waals surface area contributed by atoms with Gasteiger partial charge in [0.15, 0.2) is 0 Å². The monoisotopic (exact) mass is 269 g/mol. The molecule has 0 saturated heterocycles. The third-order valence-corrected chi connectivity index (χ3v) is 3.97. The van der Waals surface area contributed by atoms with Crippen molar-refractivity contribution in [3.05, 3.63) is 59.2 Å². The minimum atomic E-state index is 0.127. The predicted octanol–water partition coefficient (Wildman–Crippen LogP) is 4.46. The first kappa shape index (κ1) is 14.4. The number of hydrogen-bond donors (Lipinski definition) is 1. The average molecular weight is 269 g/mol. The Balaban J connectivity index is 2.26. The first-order valence-corrected chi connectivity index (χ1v) is 7.14. The summed E-state index contributed by atoms with van der Waals surface area (Å²) in [7, 11) is 2.06. The van der Waals surface area contributed by atoms with Crippen molar-refractivity contribution < 1.29 is 5.11 Å². The van der Waals surface area contributed by atoms with Gasteiger partial charge in [0.25, 0.3) is 0 Å². The first-order valence-electron chi connectivity index (χ1n) is 7.14. The van der Waals surface area contributed by atoms with Gasteiger partial charge in [-0.1, -0.05) is 36.8 Å². The fraction of sp³-hybridized carbons (Fsp3) is 0.333. The molecule has 2 rings (SSSR count). The minimum absolute atomic E-state index is 0.127. The van der Waals surface area contributed by atoms with Crippen LogP contribution in [0.4, 0.5) is 5.69 Å². The summed E-state index contributed by atoms with van der Waals surface area (Å²) in [5.74, 6) is 0.361. The zero-order chi connectivity index (χ0) is 14.7. The van der Waals surface area contributed by atoms with Crippen LogP contribution in [0, 0.1) is 6.92 Å². The second-order valence-electron chi connectivity index (χ2n) is 5.37. The maximum Gasteiger partial charge on any atom is 0.120 e. The number of benzene rings is 2. The maximum atomic E-state index is 10.1. The highest BCUT2D eigenvalue weighted by Crippen LogP contribution is 2.31. The zero-order valence-electron chi connectivity index (χ0n) is 12.7. The van der Waals surface area contributed by atoms with E-state index >= 15 is 0 Å². The van der Waals surface area contributed by atoms with Crippen LogP contribution in [0.25, 0.3) is 0 Å². The van der Waals surface area contributed by atoms with Crippen molar-refractivity contribution in [2.24, 2.45) is 0 Å². The Labute approximate surface area is 121 Å². The van der Waals surface area contributed by atoms with E-state index in [0.29, 0.717) is 5.75 Å². The van der Waals surface area contributed by atoms with Gasteiger partial charge in [-0.2, -0.15) is 0 Å². The number of rotatable bonds is 4.